The molecule has 0 atom stereocenters. The van der Waals surface area contributed by atoms with E-state index in [9.17, 15) is 0 Å². The monoisotopic (exact) mass is 211 g/mol. The highest BCUT2D eigenvalue weighted by Crippen LogP contribution is 2.36. The minimum Gasteiger partial charge on any atom is -0.0828 e. The SMILES string of the molecule is Cl/[C]=C(\Cl)C(Cl)(Cl)Cl. The third kappa shape index (κ3) is 3.26. The molecule has 0 bridgehead atoms. The number of alkyl halides is 3. The Balaban J connectivity index is 4.03. The highest BCUT2D eigenvalue weighted by atomic mass is 35.6. The molecule has 47 valence electrons. The number of hydrogen-bond donors (Lipinski definition) is 0. The average molecular weight is 213 g/mol. The maximum absolute atomic E-state index is 5.22. The van der Waals surface area contributed by atoms with Crippen molar-refractivity contribution in [2.45, 2.75) is 3.79 Å². The second kappa shape index (κ2) is 3.38. The van der Waals surface area contributed by atoms with Gasteiger partial charge in [0, 0.05) is 0 Å². The van der Waals surface area contributed by atoms with Gasteiger partial charge < -0.3 is 0 Å². The van der Waals surface area contributed by atoms with Crippen LogP contribution in [0.15, 0.2) is 5.03 Å². The molecule has 1 radical (unpaired) electrons. The van der Waals surface area contributed by atoms with Crippen molar-refractivity contribution in [3.05, 3.63) is 10.6 Å². The number of hydrogen-bond acceptors (Lipinski definition) is 0. The second-order valence-electron chi connectivity index (χ2n) is 0.906. The van der Waals surface area contributed by atoms with Crippen LogP contribution >= 0.6 is 58.0 Å². The first-order valence-corrected chi connectivity index (χ1v) is 3.33. The van der Waals surface area contributed by atoms with Gasteiger partial charge in [0.25, 0.3) is 0 Å². The Bertz CT molecular complexity index is 98.7. The quantitative estimate of drug-likeness (QED) is 0.540. The van der Waals surface area contributed by atoms with Crippen LogP contribution in [-0.4, -0.2) is 3.79 Å². The molecule has 0 aromatic heterocycles. The summed E-state index contributed by atoms with van der Waals surface area (Å²) >= 11 is 25.8. The molecule has 0 N–H and O–H groups in total. The van der Waals surface area contributed by atoms with E-state index in [1.807, 2.05) is 5.54 Å². The van der Waals surface area contributed by atoms with Crippen molar-refractivity contribution in [3.63, 3.8) is 0 Å². The Labute approximate surface area is 72.3 Å². The Hall–Kier alpha value is 1.19. The largest absolute Gasteiger partial charge is 0.227 e. The summed E-state index contributed by atoms with van der Waals surface area (Å²) in [5.41, 5.74) is 1.96. The molecule has 0 aromatic rings. The summed E-state index contributed by atoms with van der Waals surface area (Å²) in [6.07, 6.45) is 0. The van der Waals surface area contributed by atoms with Gasteiger partial charge >= 0.3 is 0 Å². The van der Waals surface area contributed by atoms with E-state index >= 15 is 0 Å². The lowest BCUT2D eigenvalue weighted by Crippen LogP contribution is -1.99. The van der Waals surface area contributed by atoms with Crippen LogP contribution in [0, 0.1) is 5.54 Å². The summed E-state index contributed by atoms with van der Waals surface area (Å²) < 4.78 is -1.64. The van der Waals surface area contributed by atoms with Crippen LogP contribution in [0.2, 0.25) is 0 Å². The standard InChI is InChI=1S/C3Cl5/c4-1-2(5)3(6,7)8. The van der Waals surface area contributed by atoms with Crippen LogP contribution in [0.25, 0.3) is 0 Å². The molecule has 0 nitrogen and oxygen atoms in total. The zero-order valence-corrected chi connectivity index (χ0v) is 7.17. The molecule has 0 spiro atoms. The van der Waals surface area contributed by atoms with E-state index < -0.39 is 3.79 Å². The molecule has 0 unspecified atom stereocenters. The average Bonchev–Trinajstić information content (AvgIpc) is 1.62. The Kier molecular flexibility index (Phi) is 3.88. The van der Waals surface area contributed by atoms with Crippen LogP contribution in [0.3, 0.4) is 0 Å². The first-order chi connectivity index (χ1) is 3.48. The van der Waals surface area contributed by atoms with Gasteiger partial charge in [-0.15, -0.1) is 0 Å². The lowest BCUT2D eigenvalue weighted by Gasteiger charge is -2.05. The molecule has 5 heteroatoms. The summed E-state index contributed by atoms with van der Waals surface area (Å²) in [5.74, 6) is 0. The number of allylic oxidation sites excluding steroid dienone is 1. The minimum absolute atomic E-state index is 0.135. The molecule has 0 aliphatic heterocycles. The van der Waals surface area contributed by atoms with E-state index in [1.165, 1.54) is 0 Å². The Morgan fingerprint density at radius 2 is 1.62 bits per heavy atom. The van der Waals surface area contributed by atoms with Gasteiger partial charge in [0.15, 0.2) is 0 Å². The van der Waals surface area contributed by atoms with Crippen molar-refractivity contribution in [1.82, 2.24) is 0 Å². The van der Waals surface area contributed by atoms with E-state index in [-0.39, 0.29) is 5.03 Å². The van der Waals surface area contributed by atoms with Gasteiger partial charge in [-0.25, -0.2) is 0 Å². The lowest BCUT2D eigenvalue weighted by atomic mass is 10.7. The van der Waals surface area contributed by atoms with Crippen molar-refractivity contribution in [2.24, 2.45) is 0 Å². The molecule has 0 heterocycles. The van der Waals surface area contributed by atoms with Crippen LogP contribution in [0.4, 0.5) is 0 Å². The topological polar surface area (TPSA) is 0 Å². The molecule has 0 aromatic carbocycles. The molecule has 0 amide bonds. The Morgan fingerprint density at radius 1 is 1.25 bits per heavy atom. The molecule has 0 aliphatic carbocycles. The van der Waals surface area contributed by atoms with Crippen molar-refractivity contribution in [2.75, 3.05) is 0 Å². The van der Waals surface area contributed by atoms with E-state index in [0.717, 1.165) is 0 Å². The van der Waals surface area contributed by atoms with E-state index in [0.29, 0.717) is 0 Å². The first-order valence-electron chi connectivity index (χ1n) is 1.44. The van der Waals surface area contributed by atoms with Gasteiger partial charge in [0.05, 0.1) is 10.6 Å². The van der Waals surface area contributed by atoms with Crippen LogP contribution in [0.1, 0.15) is 0 Å². The molecule has 0 aliphatic rings. The van der Waals surface area contributed by atoms with E-state index in [2.05, 4.69) is 0 Å². The van der Waals surface area contributed by atoms with Gasteiger partial charge in [0.1, 0.15) is 0 Å². The zero-order chi connectivity index (χ0) is 6.78. The minimum atomic E-state index is -1.64. The third-order valence-corrected chi connectivity index (χ3v) is 1.85. The predicted octanol–water partition coefficient (Wildman–Crippen LogP) is 3.48. The molecule has 0 fully saturated rings. The summed E-state index contributed by atoms with van der Waals surface area (Å²) in [6.45, 7) is 0. The van der Waals surface area contributed by atoms with Crippen molar-refractivity contribution < 1.29 is 0 Å². The highest BCUT2D eigenvalue weighted by Gasteiger charge is 2.23. The summed E-state index contributed by atoms with van der Waals surface area (Å²) in [5, 5.41) is -0.135. The molecular weight excluding hydrogens is 213 g/mol. The fourth-order valence-electron chi connectivity index (χ4n) is 0.0536. The van der Waals surface area contributed by atoms with Gasteiger partial charge in [-0.3, -0.25) is 0 Å². The molecule has 0 saturated carbocycles. The highest BCUT2D eigenvalue weighted by molar-refractivity contribution is 6.73. The van der Waals surface area contributed by atoms with E-state index in [1.54, 1.807) is 0 Å². The maximum atomic E-state index is 5.22. The molecule has 0 saturated heterocycles. The van der Waals surface area contributed by atoms with E-state index in [4.69, 9.17) is 58.0 Å². The van der Waals surface area contributed by atoms with Crippen LogP contribution in [-0.2, 0) is 0 Å². The lowest BCUT2D eigenvalue weighted by molar-refractivity contribution is 1.42. The first kappa shape index (κ1) is 9.19. The fraction of sp³-hybridized carbons (Fsp3) is 0.333. The van der Waals surface area contributed by atoms with Gasteiger partial charge in [-0.05, 0) is 0 Å². The smallest absolute Gasteiger partial charge is 0.0828 e. The fourth-order valence-corrected chi connectivity index (χ4v) is 0.482. The normalized spacial score (nSPS) is 14.4. The van der Waals surface area contributed by atoms with Crippen molar-refractivity contribution in [3.8, 4) is 0 Å². The summed E-state index contributed by atoms with van der Waals surface area (Å²) in [7, 11) is 0. The summed E-state index contributed by atoms with van der Waals surface area (Å²) in [6, 6.07) is 0. The third-order valence-electron chi connectivity index (χ3n) is 0.332. The van der Waals surface area contributed by atoms with Gasteiger partial charge in [-0.1, -0.05) is 58.0 Å². The van der Waals surface area contributed by atoms with Crippen molar-refractivity contribution >= 4 is 58.0 Å². The predicted molar refractivity (Wildman–Crippen MR) is 38.8 cm³/mol. The Morgan fingerprint density at radius 3 is 1.62 bits per heavy atom. The van der Waals surface area contributed by atoms with Crippen LogP contribution in [0.5, 0.6) is 0 Å². The molecule has 0 rings (SSSR count). The molecular formula is C3Cl5. The van der Waals surface area contributed by atoms with Gasteiger partial charge in [0.2, 0.25) is 3.79 Å². The summed E-state index contributed by atoms with van der Waals surface area (Å²) in [4.78, 5) is 0. The zero-order valence-electron chi connectivity index (χ0n) is 3.39. The van der Waals surface area contributed by atoms with Crippen molar-refractivity contribution in [1.29, 1.82) is 0 Å². The molecule has 8 heavy (non-hydrogen) atoms. The van der Waals surface area contributed by atoms with Crippen LogP contribution < -0.4 is 0 Å². The second-order valence-corrected chi connectivity index (χ2v) is 3.75. The number of rotatable bonds is 0. The number of halogens is 5. The van der Waals surface area contributed by atoms with Gasteiger partial charge in [-0.2, -0.15) is 0 Å². The maximum Gasteiger partial charge on any atom is 0.227 e.